The van der Waals surface area contributed by atoms with Gasteiger partial charge in [0.25, 0.3) is 0 Å². The van der Waals surface area contributed by atoms with Gasteiger partial charge in [0.05, 0.1) is 7.11 Å². The quantitative estimate of drug-likeness (QED) is 0.923. The standard InChI is InChI=1S/C14H20FNO2S/c1-10(16-12-5-7-19(17)8-6-12)11-3-4-13(15)14(9-11)18-2/h3-4,9-10,12,16H,5-8H2,1-2H3. The first-order valence-corrected chi connectivity index (χ1v) is 8.03. The fourth-order valence-corrected chi connectivity index (χ4v) is 3.65. The summed E-state index contributed by atoms with van der Waals surface area (Å²) in [5.41, 5.74) is 1.00. The summed E-state index contributed by atoms with van der Waals surface area (Å²) in [7, 11) is 0.831. The van der Waals surface area contributed by atoms with Crippen LogP contribution in [0.25, 0.3) is 0 Å². The van der Waals surface area contributed by atoms with Crippen molar-refractivity contribution in [2.24, 2.45) is 0 Å². The van der Waals surface area contributed by atoms with Crippen molar-refractivity contribution in [1.29, 1.82) is 0 Å². The third kappa shape index (κ3) is 3.76. The zero-order valence-corrected chi connectivity index (χ0v) is 12.1. The minimum Gasteiger partial charge on any atom is -0.494 e. The second kappa shape index (κ2) is 6.48. The molecule has 1 aliphatic rings. The van der Waals surface area contributed by atoms with Gasteiger partial charge in [0.2, 0.25) is 0 Å². The summed E-state index contributed by atoms with van der Waals surface area (Å²) in [6, 6.07) is 5.46. The molecular weight excluding hydrogens is 265 g/mol. The van der Waals surface area contributed by atoms with E-state index in [1.807, 2.05) is 0 Å². The summed E-state index contributed by atoms with van der Waals surface area (Å²) in [5.74, 6) is 1.48. The number of rotatable bonds is 4. The molecule has 1 aliphatic heterocycles. The van der Waals surface area contributed by atoms with Gasteiger partial charge < -0.3 is 10.1 Å². The monoisotopic (exact) mass is 285 g/mol. The van der Waals surface area contributed by atoms with Crippen LogP contribution in [0.15, 0.2) is 18.2 Å². The van der Waals surface area contributed by atoms with Crippen LogP contribution >= 0.6 is 0 Å². The van der Waals surface area contributed by atoms with Crippen LogP contribution in [-0.4, -0.2) is 28.9 Å². The number of benzene rings is 1. The highest BCUT2D eigenvalue weighted by Gasteiger charge is 2.20. The second-order valence-electron chi connectivity index (χ2n) is 4.90. The molecule has 0 radical (unpaired) electrons. The Balaban J connectivity index is 1.99. The number of hydrogen-bond donors (Lipinski definition) is 1. The van der Waals surface area contributed by atoms with Gasteiger partial charge in [0.1, 0.15) is 0 Å². The van der Waals surface area contributed by atoms with E-state index in [0.29, 0.717) is 6.04 Å². The molecule has 1 unspecified atom stereocenters. The highest BCUT2D eigenvalue weighted by molar-refractivity contribution is 7.85. The molecule has 1 saturated heterocycles. The van der Waals surface area contributed by atoms with Crippen molar-refractivity contribution in [3.8, 4) is 5.75 Å². The fourth-order valence-electron chi connectivity index (χ4n) is 2.36. The Hall–Kier alpha value is -0.940. The first-order chi connectivity index (χ1) is 9.10. The summed E-state index contributed by atoms with van der Waals surface area (Å²) < 4.78 is 29.7. The number of methoxy groups -OCH3 is 1. The van der Waals surface area contributed by atoms with Crippen LogP contribution in [0.5, 0.6) is 5.75 Å². The minimum absolute atomic E-state index is 0.131. The number of halogens is 1. The Morgan fingerprint density at radius 3 is 2.74 bits per heavy atom. The molecule has 2 rings (SSSR count). The first-order valence-electron chi connectivity index (χ1n) is 6.54. The Morgan fingerprint density at radius 1 is 1.42 bits per heavy atom. The van der Waals surface area contributed by atoms with E-state index in [9.17, 15) is 8.60 Å². The molecule has 5 heteroatoms. The first kappa shape index (κ1) is 14.5. The van der Waals surface area contributed by atoms with Gasteiger partial charge in [0.15, 0.2) is 11.6 Å². The zero-order valence-electron chi connectivity index (χ0n) is 11.3. The van der Waals surface area contributed by atoms with E-state index in [4.69, 9.17) is 4.74 Å². The third-order valence-electron chi connectivity index (χ3n) is 3.55. The van der Waals surface area contributed by atoms with Crippen molar-refractivity contribution in [2.45, 2.75) is 31.8 Å². The van der Waals surface area contributed by atoms with Crippen LogP contribution in [0, 0.1) is 5.82 Å². The van der Waals surface area contributed by atoms with Crippen molar-refractivity contribution in [3.63, 3.8) is 0 Å². The minimum atomic E-state index is -0.638. The van der Waals surface area contributed by atoms with Crippen LogP contribution < -0.4 is 10.1 Å². The molecule has 19 heavy (non-hydrogen) atoms. The number of ether oxygens (including phenoxy) is 1. The van der Waals surface area contributed by atoms with E-state index >= 15 is 0 Å². The van der Waals surface area contributed by atoms with Gasteiger partial charge >= 0.3 is 0 Å². The van der Waals surface area contributed by atoms with Crippen molar-refractivity contribution in [2.75, 3.05) is 18.6 Å². The van der Waals surface area contributed by atoms with E-state index < -0.39 is 10.8 Å². The third-order valence-corrected chi connectivity index (χ3v) is 4.93. The summed E-state index contributed by atoms with van der Waals surface area (Å²) in [6.07, 6.45) is 1.88. The Labute approximate surface area is 116 Å². The Morgan fingerprint density at radius 2 is 2.11 bits per heavy atom. The maximum absolute atomic E-state index is 13.4. The zero-order chi connectivity index (χ0) is 13.8. The van der Waals surface area contributed by atoms with Crippen molar-refractivity contribution in [1.82, 2.24) is 5.32 Å². The van der Waals surface area contributed by atoms with E-state index in [2.05, 4.69) is 12.2 Å². The maximum Gasteiger partial charge on any atom is 0.165 e. The van der Waals surface area contributed by atoms with Gasteiger partial charge in [-0.2, -0.15) is 0 Å². The molecule has 0 amide bonds. The lowest BCUT2D eigenvalue weighted by Gasteiger charge is -2.26. The van der Waals surface area contributed by atoms with Gasteiger partial charge in [-0.05, 0) is 37.5 Å². The Kier molecular flexibility index (Phi) is 4.93. The molecule has 1 aromatic rings. The summed E-state index contributed by atoms with van der Waals surface area (Å²) in [5, 5.41) is 3.51. The van der Waals surface area contributed by atoms with Gasteiger partial charge in [0, 0.05) is 34.4 Å². The largest absolute Gasteiger partial charge is 0.494 e. The van der Waals surface area contributed by atoms with Gasteiger partial charge in [-0.25, -0.2) is 4.39 Å². The molecule has 0 saturated carbocycles. The predicted octanol–water partition coefficient (Wildman–Crippen LogP) is 2.40. The Bertz CT molecular complexity index is 457. The lowest BCUT2D eigenvalue weighted by molar-refractivity contribution is 0.383. The van der Waals surface area contributed by atoms with Crippen molar-refractivity contribution in [3.05, 3.63) is 29.6 Å². The van der Waals surface area contributed by atoms with Gasteiger partial charge in [-0.15, -0.1) is 0 Å². The molecule has 0 aliphatic carbocycles. The molecule has 1 fully saturated rings. The van der Waals surface area contributed by atoms with Crippen LogP contribution in [0.2, 0.25) is 0 Å². The van der Waals surface area contributed by atoms with Crippen LogP contribution in [0.1, 0.15) is 31.4 Å². The summed E-state index contributed by atoms with van der Waals surface area (Å²) in [4.78, 5) is 0. The average Bonchev–Trinajstić information content (AvgIpc) is 2.42. The highest BCUT2D eigenvalue weighted by atomic mass is 32.2. The van der Waals surface area contributed by atoms with Crippen molar-refractivity contribution < 1.29 is 13.3 Å². The highest BCUT2D eigenvalue weighted by Crippen LogP contribution is 2.23. The normalized spacial score (nSPS) is 25.0. The van der Waals surface area contributed by atoms with E-state index in [0.717, 1.165) is 29.9 Å². The molecular formula is C14H20FNO2S. The maximum atomic E-state index is 13.4. The molecule has 3 nitrogen and oxygen atoms in total. The topological polar surface area (TPSA) is 38.3 Å². The van der Waals surface area contributed by atoms with Crippen LogP contribution in [0.4, 0.5) is 4.39 Å². The van der Waals surface area contributed by atoms with Crippen molar-refractivity contribution >= 4 is 10.8 Å². The van der Waals surface area contributed by atoms with Gasteiger partial charge in [-0.3, -0.25) is 4.21 Å². The molecule has 1 heterocycles. The fraction of sp³-hybridized carbons (Fsp3) is 0.571. The SMILES string of the molecule is COc1cc(C(C)NC2CCS(=O)CC2)ccc1F. The summed E-state index contributed by atoms with van der Waals surface area (Å²) >= 11 is 0. The molecule has 0 aromatic heterocycles. The average molecular weight is 285 g/mol. The molecule has 106 valence electrons. The van der Waals surface area contributed by atoms with Crippen LogP contribution in [0.3, 0.4) is 0 Å². The molecule has 0 bridgehead atoms. The smallest absolute Gasteiger partial charge is 0.165 e. The van der Waals surface area contributed by atoms with E-state index in [1.165, 1.54) is 13.2 Å². The van der Waals surface area contributed by atoms with Gasteiger partial charge in [-0.1, -0.05) is 6.07 Å². The number of hydrogen-bond acceptors (Lipinski definition) is 3. The van der Waals surface area contributed by atoms with E-state index in [-0.39, 0.29) is 17.6 Å². The lowest BCUT2D eigenvalue weighted by atomic mass is 10.0. The molecule has 1 N–H and O–H groups in total. The predicted molar refractivity (Wildman–Crippen MR) is 75.4 cm³/mol. The number of nitrogens with one attached hydrogen (secondary N) is 1. The molecule has 1 aromatic carbocycles. The molecule has 0 spiro atoms. The lowest BCUT2D eigenvalue weighted by Crippen LogP contribution is -2.37. The molecule has 1 atom stereocenters. The summed E-state index contributed by atoms with van der Waals surface area (Å²) in [6.45, 7) is 2.05. The second-order valence-corrected chi connectivity index (χ2v) is 6.60. The van der Waals surface area contributed by atoms with Crippen LogP contribution in [-0.2, 0) is 10.8 Å². The van der Waals surface area contributed by atoms with E-state index in [1.54, 1.807) is 12.1 Å².